The summed E-state index contributed by atoms with van der Waals surface area (Å²) in [5, 5.41) is 10.7. The molecule has 0 bridgehead atoms. The van der Waals surface area contributed by atoms with Crippen LogP contribution < -0.4 is 0 Å². The van der Waals surface area contributed by atoms with Crippen LogP contribution in [0.25, 0.3) is 6.08 Å². The van der Waals surface area contributed by atoms with Gasteiger partial charge >= 0.3 is 0 Å². The van der Waals surface area contributed by atoms with Gasteiger partial charge in [-0.3, -0.25) is 9.69 Å². The molecule has 1 aliphatic rings. The van der Waals surface area contributed by atoms with Gasteiger partial charge in [-0.1, -0.05) is 35.9 Å². The zero-order valence-corrected chi connectivity index (χ0v) is 14.5. The molecule has 1 saturated heterocycles. The molecule has 4 nitrogen and oxygen atoms in total. The minimum Gasteiger partial charge on any atom is -0.508 e. The van der Waals surface area contributed by atoms with Gasteiger partial charge in [0.1, 0.15) is 5.75 Å². The van der Waals surface area contributed by atoms with Gasteiger partial charge in [0.25, 0.3) is 5.91 Å². The van der Waals surface area contributed by atoms with Gasteiger partial charge in [0.05, 0.1) is 10.6 Å². The number of rotatable bonds is 3. The average Bonchev–Trinajstić information content (AvgIpc) is 2.84. The van der Waals surface area contributed by atoms with Crippen LogP contribution in [0.3, 0.4) is 0 Å². The summed E-state index contributed by atoms with van der Waals surface area (Å²) < 4.78 is 0. The second kappa shape index (κ2) is 7.11. The maximum absolute atomic E-state index is 12.6. The molecule has 0 aliphatic carbocycles. The molecule has 122 valence electrons. The Morgan fingerprint density at radius 2 is 2.04 bits per heavy atom. The molecule has 0 atom stereocenters. The van der Waals surface area contributed by atoms with Crippen molar-refractivity contribution in [3.05, 3.63) is 64.0 Å². The van der Waals surface area contributed by atoms with Gasteiger partial charge < -0.3 is 5.11 Å². The summed E-state index contributed by atoms with van der Waals surface area (Å²) in [6.07, 6.45) is 1.78. The third-order valence-corrected chi connectivity index (χ3v) is 4.80. The first-order valence-corrected chi connectivity index (χ1v) is 8.61. The summed E-state index contributed by atoms with van der Waals surface area (Å²) in [6, 6.07) is 14.0. The average molecular weight is 359 g/mol. The highest BCUT2D eigenvalue weighted by atomic mass is 35.5. The second-order valence-electron chi connectivity index (χ2n) is 5.10. The third-order valence-electron chi connectivity index (χ3n) is 3.45. The van der Waals surface area contributed by atoms with E-state index in [-0.39, 0.29) is 11.7 Å². The maximum atomic E-state index is 12.6. The van der Waals surface area contributed by atoms with E-state index in [4.69, 9.17) is 11.6 Å². The molecular weight excluding hydrogens is 344 g/mol. The number of thioether (sulfide) groups is 1. The van der Waals surface area contributed by atoms with Crippen molar-refractivity contribution in [3.8, 4) is 5.75 Å². The first-order chi connectivity index (χ1) is 11.6. The lowest BCUT2D eigenvalue weighted by molar-refractivity contribution is -0.122. The zero-order valence-electron chi connectivity index (χ0n) is 12.9. The van der Waals surface area contributed by atoms with Crippen LogP contribution in [-0.4, -0.2) is 27.6 Å². The molecule has 1 aliphatic heterocycles. The lowest BCUT2D eigenvalue weighted by atomic mass is 10.2. The van der Waals surface area contributed by atoms with Crippen molar-refractivity contribution in [2.45, 2.75) is 6.92 Å². The van der Waals surface area contributed by atoms with Crippen molar-refractivity contribution in [1.82, 2.24) is 4.90 Å². The number of likely N-dealkylation sites (N-methyl/N-ethyl adjacent to an activating group) is 1. The number of phenols is 1. The standard InChI is InChI=1S/C18H15ClN2O2S/c1-2-21-17(23)16(10-12-6-3-4-9-15(12)19)24-18(21)20-13-7-5-8-14(22)11-13/h3-11,22H,2H2,1H3/b16-10-,20-18?. The van der Waals surface area contributed by atoms with E-state index in [1.54, 1.807) is 41.3 Å². The highest BCUT2D eigenvalue weighted by molar-refractivity contribution is 8.18. The van der Waals surface area contributed by atoms with E-state index in [9.17, 15) is 9.90 Å². The number of hydrogen-bond donors (Lipinski definition) is 1. The molecule has 0 unspecified atom stereocenters. The minimum absolute atomic E-state index is 0.0960. The minimum atomic E-state index is -0.0960. The van der Waals surface area contributed by atoms with E-state index in [1.807, 2.05) is 25.1 Å². The van der Waals surface area contributed by atoms with E-state index in [1.165, 1.54) is 11.8 Å². The zero-order chi connectivity index (χ0) is 17.1. The van der Waals surface area contributed by atoms with Crippen molar-refractivity contribution in [1.29, 1.82) is 0 Å². The van der Waals surface area contributed by atoms with Crippen LogP contribution in [0.1, 0.15) is 12.5 Å². The normalized spacial score (nSPS) is 17.9. The van der Waals surface area contributed by atoms with Crippen LogP contribution >= 0.6 is 23.4 Å². The van der Waals surface area contributed by atoms with Crippen LogP contribution in [0.4, 0.5) is 5.69 Å². The van der Waals surface area contributed by atoms with Gasteiger partial charge in [-0.2, -0.15) is 0 Å². The molecular formula is C18H15ClN2O2S. The number of carbonyl (C=O) groups excluding carboxylic acids is 1. The Morgan fingerprint density at radius 1 is 1.25 bits per heavy atom. The predicted octanol–water partition coefficient (Wildman–Crippen LogP) is 4.67. The molecule has 2 aromatic carbocycles. The van der Waals surface area contributed by atoms with Crippen molar-refractivity contribution in [3.63, 3.8) is 0 Å². The third kappa shape index (κ3) is 3.47. The van der Waals surface area contributed by atoms with E-state index < -0.39 is 0 Å². The molecule has 2 aromatic rings. The summed E-state index contributed by atoms with van der Waals surface area (Å²) >= 11 is 7.47. The lowest BCUT2D eigenvalue weighted by Gasteiger charge is -2.12. The molecule has 1 fully saturated rings. The monoisotopic (exact) mass is 358 g/mol. The second-order valence-corrected chi connectivity index (χ2v) is 6.51. The van der Waals surface area contributed by atoms with E-state index in [2.05, 4.69) is 4.99 Å². The maximum Gasteiger partial charge on any atom is 0.266 e. The number of phenolic OH excluding ortho intramolecular Hbond substituents is 1. The van der Waals surface area contributed by atoms with Crippen molar-refractivity contribution in [2.24, 2.45) is 4.99 Å². The van der Waals surface area contributed by atoms with Crippen LogP contribution in [0.5, 0.6) is 5.75 Å². The fraction of sp³-hybridized carbons (Fsp3) is 0.111. The van der Waals surface area contributed by atoms with Crippen LogP contribution in [-0.2, 0) is 4.79 Å². The Kier molecular flexibility index (Phi) is 4.92. The molecule has 1 heterocycles. The molecule has 0 radical (unpaired) electrons. The predicted molar refractivity (Wildman–Crippen MR) is 99.6 cm³/mol. The largest absolute Gasteiger partial charge is 0.508 e. The molecule has 0 saturated carbocycles. The number of amidine groups is 1. The Bertz CT molecular complexity index is 848. The number of benzene rings is 2. The Labute approximate surface area is 149 Å². The van der Waals surface area contributed by atoms with Crippen molar-refractivity contribution >= 4 is 46.2 Å². The van der Waals surface area contributed by atoms with E-state index in [0.29, 0.717) is 27.3 Å². The van der Waals surface area contributed by atoms with Crippen molar-refractivity contribution in [2.75, 3.05) is 6.54 Å². The van der Waals surface area contributed by atoms with Crippen LogP contribution in [0.2, 0.25) is 5.02 Å². The number of nitrogens with zero attached hydrogens (tertiary/aromatic N) is 2. The smallest absolute Gasteiger partial charge is 0.266 e. The van der Waals surface area contributed by atoms with E-state index in [0.717, 1.165) is 5.56 Å². The number of aromatic hydroxyl groups is 1. The molecule has 3 rings (SSSR count). The molecule has 1 N–H and O–H groups in total. The Morgan fingerprint density at radius 3 is 2.75 bits per heavy atom. The van der Waals surface area contributed by atoms with Gasteiger partial charge in [0, 0.05) is 17.6 Å². The lowest BCUT2D eigenvalue weighted by Crippen LogP contribution is -2.28. The summed E-state index contributed by atoms with van der Waals surface area (Å²) in [5.41, 5.74) is 1.40. The first kappa shape index (κ1) is 16.6. The molecule has 0 aromatic heterocycles. The Balaban J connectivity index is 1.96. The molecule has 6 heteroatoms. The van der Waals surface area contributed by atoms with E-state index >= 15 is 0 Å². The fourth-order valence-electron chi connectivity index (χ4n) is 2.28. The highest BCUT2D eigenvalue weighted by Gasteiger charge is 2.32. The molecule has 0 spiro atoms. The summed E-state index contributed by atoms with van der Waals surface area (Å²) in [5.74, 6) is 0.0439. The van der Waals surface area contributed by atoms with Gasteiger partial charge in [-0.15, -0.1) is 0 Å². The van der Waals surface area contributed by atoms with Crippen molar-refractivity contribution < 1.29 is 9.90 Å². The number of halogens is 1. The summed E-state index contributed by atoms with van der Waals surface area (Å²) in [4.78, 5) is 19.3. The number of hydrogen-bond acceptors (Lipinski definition) is 4. The van der Waals surface area contributed by atoms with Gasteiger partial charge in [0.2, 0.25) is 0 Å². The van der Waals surface area contributed by atoms with Crippen LogP contribution in [0, 0.1) is 0 Å². The highest BCUT2D eigenvalue weighted by Crippen LogP contribution is 2.35. The topological polar surface area (TPSA) is 52.9 Å². The van der Waals surface area contributed by atoms with Gasteiger partial charge in [-0.05, 0) is 48.5 Å². The molecule has 1 amide bonds. The quantitative estimate of drug-likeness (QED) is 0.811. The van der Waals surface area contributed by atoms with Crippen LogP contribution in [0.15, 0.2) is 58.4 Å². The van der Waals surface area contributed by atoms with Gasteiger partial charge in [0.15, 0.2) is 5.17 Å². The fourth-order valence-corrected chi connectivity index (χ4v) is 3.52. The summed E-state index contributed by atoms with van der Waals surface area (Å²) in [6.45, 7) is 2.41. The molecule has 24 heavy (non-hydrogen) atoms. The number of aliphatic imine (C=N–C) groups is 1. The van der Waals surface area contributed by atoms with Gasteiger partial charge in [-0.25, -0.2) is 4.99 Å². The number of carbonyl (C=O) groups is 1. The summed E-state index contributed by atoms with van der Waals surface area (Å²) in [7, 11) is 0. The number of amides is 1. The SMILES string of the molecule is CCN1C(=O)/C(=C/c2ccccc2Cl)SC1=Nc1cccc(O)c1. The first-order valence-electron chi connectivity index (χ1n) is 7.42. The Hall–Kier alpha value is -2.24.